The molecule has 2 saturated heterocycles. The Balaban J connectivity index is 1.45. The molecule has 27 heavy (non-hydrogen) atoms. The van der Waals surface area contributed by atoms with E-state index in [1.165, 1.54) is 22.6 Å². The predicted octanol–water partition coefficient (Wildman–Crippen LogP) is 3.98. The number of morpholine rings is 1. The molecular weight excluding hydrogens is 363 g/mol. The number of anilines is 1. The molecule has 2 aromatic rings. The van der Waals surface area contributed by atoms with E-state index >= 15 is 0 Å². The van der Waals surface area contributed by atoms with Crippen LogP contribution in [0.2, 0.25) is 0 Å². The summed E-state index contributed by atoms with van der Waals surface area (Å²) in [6, 6.07) is 8.34. The third-order valence-corrected chi connectivity index (χ3v) is 6.72. The van der Waals surface area contributed by atoms with E-state index in [0.29, 0.717) is 6.54 Å². The van der Waals surface area contributed by atoms with E-state index in [-0.39, 0.29) is 23.9 Å². The molecule has 3 heterocycles. The molecular formula is C21H25FN2O2S. The van der Waals surface area contributed by atoms with Crippen molar-refractivity contribution in [2.75, 3.05) is 31.1 Å². The number of hydrogen-bond donors (Lipinski definition) is 0. The summed E-state index contributed by atoms with van der Waals surface area (Å²) in [4.78, 5) is 18.1. The normalized spacial score (nSPS) is 24.4. The van der Waals surface area contributed by atoms with Gasteiger partial charge in [0.2, 0.25) is 0 Å². The zero-order valence-electron chi connectivity index (χ0n) is 15.6. The minimum Gasteiger partial charge on any atom is -0.363 e. The summed E-state index contributed by atoms with van der Waals surface area (Å²) in [5.41, 5.74) is 1.81. The Labute approximate surface area is 163 Å². The Hall–Kier alpha value is -1.76. The first kappa shape index (κ1) is 18.6. The average Bonchev–Trinajstić information content (AvgIpc) is 2.96. The van der Waals surface area contributed by atoms with Crippen molar-refractivity contribution in [3.63, 3.8) is 0 Å². The van der Waals surface area contributed by atoms with Crippen LogP contribution in [0.5, 0.6) is 0 Å². The van der Waals surface area contributed by atoms with Gasteiger partial charge in [0.25, 0.3) is 5.91 Å². The fraction of sp³-hybridized carbons (Fsp3) is 0.476. The van der Waals surface area contributed by atoms with Crippen molar-refractivity contribution >= 4 is 22.9 Å². The first-order chi connectivity index (χ1) is 13.0. The van der Waals surface area contributed by atoms with Gasteiger partial charge in [-0.2, -0.15) is 0 Å². The van der Waals surface area contributed by atoms with Crippen LogP contribution in [-0.4, -0.2) is 42.6 Å². The Morgan fingerprint density at radius 1 is 1.19 bits per heavy atom. The van der Waals surface area contributed by atoms with E-state index in [0.717, 1.165) is 44.6 Å². The Morgan fingerprint density at radius 2 is 2.00 bits per heavy atom. The maximum atomic E-state index is 13.2. The number of carbonyl (C=O) groups excluding carboxylic acids is 1. The quantitative estimate of drug-likeness (QED) is 0.797. The molecule has 0 N–H and O–H groups in total. The third kappa shape index (κ3) is 4.08. The largest absolute Gasteiger partial charge is 0.363 e. The number of amides is 1. The Bertz CT molecular complexity index is 807. The van der Waals surface area contributed by atoms with Gasteiger partial charge in [0, 0.05) is 23.7 Å². The molecule has 1 atom stereocenters. The maximum absolute atomic E-state index is 13.2. The lowest BCUT2D eigenvalue weighted by molar-refractivity contribution is -0.140. The molecule has 1 spiro atoms. The van der Waals surface area contributed by atoms with Gasteiger partial charge in [-0.3, -0.25) is 9.69 Å². The van der Waals surface area contributed by atoms with Crippen molar-refractivity contribution in [3.05, 3.63) is 52.0 Å². The highest BCUT2D eigenvalue weighted by Crippen LogP contribution is 2.33. The summed E-state index contributed by atoms with van der Waals surface area (Å²) in [6.45, 7) is 5.81. The van der Waals surface area contributed by atoms with Crippen molar-refractivity contribution in [3.8, 4) is 0 Å². The minimum absolute atomic E-state index is 0.0532. The van der Waals surface area contributed by atoms with E-state index in [1.807, 2.05) is 11.3 Å². The van der Waals surface area contributed by atoms with Crippen molar-refractivity contribution in [2.24, 2.45) is 0 Å². The lowest BCUT2D eigenvalue weighted by Crippen LogP contribution is -2.55. The molecule has 1 aromatic carbocycles. The lowest BCUT2D eigenvalue weighted by Gasteiger charge is -2.42. The van der Waals surface area contributed by atoms with Crippen molar-refractivity contribution in [1.29, 1.82) is 0 Å². The van der Waals surface area contributed by atoms with Crippen LogP contribution in [0.4, 0.5) is 10.1 Å². The van der Waals surface area contributed by atoms with Gasteiger partial charge >= 0.3 is 0 Å². The van der Waals surface area contributed by atoms with E-state index in [1.54, 1.807) is 17.0 Å². The van der Waals surface area contributed by atoms with Crippen LogP contribution in [0, 0.1) is 12.7 Å². The molecule has 2 aliphatic rings. The first-order valence-corrected chi connectivity index (χ1v) is 10.4. The fourth-order valence-corrected chi connectivity index (χ4v) is 4.97. The highest BCUT2D eigenvalue weighted by Gasteiger charge is 2.41. The molecule has 4 rings (SSSR count). The van der Waals surface area contributed by atoms with Crippen LogP contribution < -0.4 is 4.90 Å². The highest BCUT2D eigenvalue weighted by molar-refractivity contribution is 7.10. The predicted molar refractivity (Wildman–Crippen MR) is 106 cm³/mol. The molecule has 2 fully saturated rings. The monoisotopic (exact) mass is 388 g/mol. The van der Waals surface area contributed by atoms with Crippen molar-refractivity contribution < 1.29 is 13.9 Å². The molecule has 0 bridgehead atoms. The average molecular weight is 389 g/mol. The van der Waals surface area contributed by atoms with E-state index < -0.39 is 0 Å². The standard InChI is InChI=1S/C21H25FN2O2S/c1-16-7-12-27-19(16)13-23-10-2-8-21(9-11-23)15-24(20(25)14-26-21)18-5-3-17(22)4-6-18/h3-7,12H,2,8-11,13-15H2,1H3. The Morgan fingerprint density at radius 3 is 2.74 bits per heavy atom. The summed E-state index contributed by atoms with van der Waals surface area (Å²) in [5.74, 6) is -0.342. The van der Waals surface area contributed by atoms with Gasteiger partial charge in [-0.05, 0) is 74.0 Å². The highest BCUT2D eigenvalue weighted by atomic mass is 32.1. The van der Waals surface area contributed by atoms with Crippen LogP contribution >= 0.6 is 11.3 Å². The summed E-state index contributed by atoms with van der Waals surface area (Å²) >= 11 is 1.82. The molecule has 0 aliphatic carbocycles. The number of rotatable bonds is 3. The molecule has 1 amide bonds. The van der Waals surface area contributed by atoms with Crippen molar-refractivity contribution in [1.82, 2.24) is 4.90 Å². The first-order valence-electron chi connectivity index (χ1n) is 9.50. The minimum atomic E-state index is -0.304. The molecule has 4 nitrogen and oxygen atoms in total. The van der Waals surface area contributed by atoms with Crippen LogP contribution in [0.1, 0.15) is 29.7 Å². The SMILES string of the molecule is Cc1ccsc1CN1CCCC2(CC1)CN(c1ccc(F)cc1)C(=O)CO2. The number of aryl methyl sites for hydroxylation is 1. The second kappa shape index (κ2) is 7.70. The van der Waals surface area contributed by atoms with Gasteiger partial charge in [0.05, 0.1) is 12.1 Å². The number of benzene rings is 1. The number of hydrogen-bond acceptors (Lipinski definition) is 4. The van der Waals surface area contributed by atoms with Gasteiger partial charge < -0.3 is 9.64 Å². The van der Waals surface area contributed by atoms with Crippen LogP contribution in [0.3, 0.4) is 0 Å². The Kier molecular flexibility index (Phi) is 5.30. The van der Waals surface area contributed by atoms with Gasteiger partial charge in [-0.25, -0.2) is 4.39 Å². The van der Waals surface area contributed by atoms with Gasteiger partial charge in [-0.15, -0.1) is 11.3 Å². The molecule has 0 saturated carbocycles. The number of halogens is 1. The lowest BCUT2D eigenvalue weighted by atomic mass is 9.92. The summed E-state index contributed by atoms with van der Waals surface area (Å²) in [5, 5.41) is 2.15. The van der Waals surface area contributed by atoms with Crippen molar-refractivity contribution in [2.45, 2.75) is 38.3 Å². The topological polar surface area (TPSA) is 32.8 Å². The van der Waals surface area contributed by atoms with Gasteiger partial charge in [0.15, 0.2) is 0 Å². The zero-order chi connectivity index (χ0) is 18.9. The van der Waals surface area contributed by atoms with E-state index in [2.05, 4.69) is 23.3 Å². The number of nitrogens with zero attached hydrogens (tertiary/aromatic N) is 2. The summed E-state index contributed by atoms with van der Waals surface area (Å²) < 4.78 is 19.3. The molecule has 2 aliphatic heterocycles. The zero-order valence-corrected chi connectivity index (χ0v) is 16.4. The summed E-state index contributed by atoms with van der Waals surface area (Å²) in [6.07, 6.45) is 2.90. The second-order valence-corrected chi connectivity index (χ2v) is 8.59. The molecule has 1 aromatic heterocycles. The third-order valence-electron chi connectivity index (χ3n) is 5.71. The van der Waals surface area contributed by atoms with Crippen LogP contribution in [-0.2, 0) is 16.1 Å². The number of likely N-dealkylation sites (tertiary alicyclic amines) is 1. The second-order valence-electron chi connectivity index (χ2n) is 7.58. The number of carbonyl (C=O) groups is 1. The number of thiophene rings is 1. The molecule has 6 heteroatoms. The smallest absolute Gasteiger partial charge is 0.253 e. The van der Waals surface area contributed by atoms with Gasteiger partial charge in [0.1, 0.15) is 12.4 Å². The van der Waals surface area contributed by atoms with E-state index in [4.69, 9.17) is 4.74 Å². The maximum Gasteiger partial charge on any atom is 0.253 e. The van der Waals surface area contributed by atoms with Gasteiger partial charge in [-0.1, -0.05) is 0 Å². The molecule has 1 unspecified atom stereocenters. The summed E-state index contributed by atoms with van der Waals surface area (Å²) in [7, 11) is 0. The fourth-order valence-electron chi connectivity index (χ4n) is 4.02. The van der Waals surface area contributed by atoms with Crippen LogP contribution in [0.15, 0.2) is 35.7 Å². The van der Waals surface area contributed by atoms with E-state index in [9.17, 15) is 9.18 Å². The van der Waals surface area contributed by atoms with Crippen LogP contribution in [0.25, 0.3) is 0 Å². The molecule has 144 valence electrons. The molecule has 0 radical (unpaired) electrons. The number of ether oxygens (including phenoxy) is 1.